The van der Waals surface area contributed by atoms with Crippen molar-refractivity contribution in [3.05, 3.63) is 29.8 Å². The number of benzene rings is 1. The van der Waals surface area contributed by atoms with Crippen molar-refractivity contribution in [3.8, 4) is 5.75 Å². The van der Waals surface area contributed by atoms with Gasteiger partial charge in [0.1, 0.15) is 5.75 Å². The molecule has 168 valence electrons. The van der Waals surface area contributed by atoms with Gasteiger partial charge >= 0.3 is 0 Å². The first-order valence-corrected chi connectivity index (χ1v) is 11.8. The maximum Gasteiger partial charge on any atom is 0.193 e. The smallest absolute Gasteiger partial charge is 0.193 e. The molecule has 1 unspecified atom stereocenters. The zero-order valence-corrected chi connectivity index (χ0v) is 18.8. The van der Waals surface area contributed by atoms with E-state index in [4.69, 9.17) is 19.2 Å². The van der Waals surface area contributed by atoms with Gasteiger partial charge in [0.2, 0.25) is 0 Å². The molecule has 0 saturated carbocycles. The van der Waals surface area contributed by atoms with Crippen molar-refractivity contribution >= 4 is 5.96 Å². The van der Waals surface area contributed by atoms with Crippen LogP contribution in [0.5, 0.6) is 5.75 Å². The van der Waals surface area contributed by atoms with Gasteiger partial charge < -0.3 is 24.4 Å². The molecule has 2 heterocycles. The average molecular weight is 418 g/mol. The van der Waals surface area contributed by atoms with E-state index in [1.54, 1.807) is 0 Å². The zero-order chi connectivity index (χ0) is 21.0. The van der Waals surface area contributed by atoms with Crippen molar-refractivity contribution in [1.29, 1.82) is 0 Å². The lowest BCUT2D eigenvalue weighted by Gasteiger charge is -2.35. The lowest BCUT2D eigenvalue weighted by atomic mass is 10.1. The van der Waals surface area contributed by atoms with Crippen LogP contribution in [-0.2, 0) is 15.9 Å². The van der Waals surface area contributed by atoms with Crippen LogP contribution >= 0.6 is 0 Å². The third kappa shape index (κ3) is 7.47. The van der Waals surface area contributed by atoms with Gasteiger partial charge in [-0.05, 0) is 70.1 Å². The van der Waals surface area contributed by atoms with Gasteiger partial charge in [0.05, 0.1) is 25.4 Å². The Labute approximate surface area is 182 Å². The molecule has 0 aliphatic carbocycles. The molecule has 0 aromatic heterocycles. The molecule has 2 saturated heterocycles. The molecule has 2 aliphatic heterocycles. The van der Waals surface area contributed by atoms with Crippen LogP contribution in [0.1, 0.15) is 51.5 Å². The van der Waals surface area contributed by atoms with Gasteiger partial charge in [0.25, 0.3) is 0 Å². The summed E-state index contributed by atoms with van der Waals surface area (Å²) in [4.78, 5) is 7.25. The number of piperidine rings is 1. The lowest BCUT2D eigenvalue weighted by Crippen LogP contribution is -2.47. The van der Waals surface area contributed by atoms with Gasteiger partial charge in [-0.3, -0.25) is 4.99 Å². The highest BCUT2D eigenvalue weighted by Gasteiger charge is 2.23. The Hall–Kier alpha value is -1.79. The first-order valence-electron chi connectivity index (χ1n) is 11.8. The molecule has 0 radical (unpaired) electrons. The zero-order valence-electron chi connectivity index (χ0n) is 18.8. The van der Waals surface area contributed by atoms with Crippen LogP contribution in [0.4, 0.5) is 0 Å². The number of nitrogens with zero attached hydrogens (tertiary/aromatic N) is 2. The van der Waals surface area contributed by atoms with Crippen molar-refractivity contribution in [1.82, 2.24) is 10.2 Å². The summed E-state index contributed by atoms with van der Waals surface area (Å²) < 4.78 is 17.5. The summed E-state index contributed by atoms with van der Waals surface area (Å²) in [5.41, 5.74) is 1.26. The third-order valence-corrected chi connectivity index (χ3v) is 5.74. The summed E-state index contributed by atoms with van der Waals surface area (Å²) in [6.07, 6.45) is 7.26. The fraction of sp³-hybridized carbons (Fsp3) is 0.708. The van der Waals surface area contributed by atoms with Crippen LogP contribution in [0.15, 0.2) is 29.3 Å². The van der Waals surface area contributed by atoms with E-state index >= 15 is 0 Å². The highest BCUT2D eigenvalue weighted by molar-refractivity contribution is 5.80. The molecule has 2 aliphatic rings. The quantitative estimate of drug-likeness (QED) is 0.491. The van der Waals surface area contributed by atoms with Crippen LogP contribution in [0.25, 0.3) is 0 Å². The molecular weight excluding hydrogens is 378 g/mol. The minimum Gasteiger partial charge on any atom is -0.494 e. The SMILES string of the molecule is CCNC(=NCCc1cccc(OCC)c1)N1CCC(OCC2CCCCO2)CC1. The standard InChI is InChI=1S/C24H39N3O3/c1-3-25-24(26-14-11-20-8-7-10-22(18-20)28-4-2)27-15-12-21(13-16-27)30-19-23-9-5-6-17-29-23/h7-8,10,18,21,23H,3-6,9,11-17,19H2,1-2H3,(H,25,26). The fourth-order valence-corrected chi connectivity index (χ4v) is 4.09. The third-order valence-electron chi connectivity index (χ3n) is 5.74. The molecule has 2 fully saturated rings. The van der Waals surface area contributed by atoms with Crippen molar-refractivity contribution < 1.29 is 14.2 Å². The van der Waals surface area contributed by atoms with Crippen molar-refractivity contribution in [2.75, 3.05) is 46.0 Å². The van der Waals surface area contributed by atoms with Crippen LogP contribution < -0.4 is 10.1 Å². The predicted molar refractivity (Wildman–Crippen MR) is 121 cm³/mol. The summed E-state index contributed by atoms with van der Waals surface area (Å²) >= 11 is 0. The van der Waals surface area contributed by atoms with Crippen LogP contribution in [0.3, 0.4) is 0 Å². The van der Waals surface area contributed by atoms with Crippen molar-refractivity contribution in [2.45, 2.75) is 64.6 Å². The first-order chi connectivity index (χ1) is 14.8. The number of rotatable bonds is 9. The van der Waals surface area contributed by atoms with E-state index < -0.39 is 0 Å². The molecule has 3 rings (SSSR count). The highest BCUT2D eigenvalue weighted by Crippen LogP contribution is 2.18. The Balaban J connectivity index is 1.43. The molecule has 30 heavy (non-hydrogen) atoms. The summed E-state index contributed by atoms with van der Waals surface area (Å²) in [7, 11) is 0. The van der Waals surface area contributed by atoms with Crippen molar-refractivity contribution in [2.24, 2.45) is 4.99 Å². The second-order valence-corrected chi connectivity index (χ2v) is 8.07. The molecule has 6 nitrogen and oxygen atoms in total. The molecule has 1 N–H and O–H groups in total. The van der Waals surface area contributed by atoms with Crippen molar-refractivity contribution in [3.63, 3.8) is 0 Å². The van der Waals surface area contributed by atoms with Gasteiger partial charge in [-0.15, -0.1) is 0 Å². The average Bonchev–Trinajstić information content (AvgIpc) is 2.79. The molecule has 0 bridgehead atoms. The van der Waals surface area contributed by atoms with E-state index in [1.807, 2.05) is 13.0 Å². The Kier molecular flexibility index (Phi) is 9.77. The summed E-state index contributed by atoms with van der Waals surface area (Å²) in [5, 5.41) is 3.46. The topological polar surface area (TPSA) is 55.3 Å². The molecular formula is C24H39N3O3. The van der Waals surface area contributed by atoms with E-state index in [0.717, 1.165) is 76.8 Å². The monoisotopic (exact) mass is 417 g/mol. The largest absolute Gasteiger partial charge is 0.494 e. The van der Waals surface area contributed by atoms with E-state index in [9.17, 15) is 0 Å². The summed E-state index contributed by atoms with van der Waals surface area (Å²) in [6.45, 7) is 10.1. The molecule has 1 aromatic carbocycles. The van der Waals surface area contributed by atoms with Crippen LogP contribution in [0, 0.1) is 0 Å². The highest BCUT2D eigenvalue weighted by atomic mass is 16.5. The fourth-order valence-electron chi connectivity index (χ4n) is 4.09. The van der Waals surface area contributed by atoms with E-state index in [0.29, 0.717) is 18.8 Å². The number of hydrogen-bond donors (Lipinski definition) is 1. The Morgan fingerprint density at radius 3 is 2.80 bits per heavy atom. The number of aliphatic imine (C=N–C) groups is 1. The minimum absolute atomic E-state index is 0.303. The predicted octanol–water partition coefficient (Wildman–Crippen LogP) is 3.64. The van der Waals surface area contributed by atoms with Gasteiger partial charge in [-0.25, -0.2) is 0 Å². The molecule has 6 heteroatoms. The Bertz CT molecular complexity index is 638. The Morgan fingerprint density at radius 1 is 1.20 bits per heavy atom. The number of likely N-dealkylation sites (tertiary alicyclic amines) is 1. The minimum atomic E-state index is 0.303. The van der Waals surface area contributed by atoms with Crippen LogP contribution in [-0.4, -0.2) is 69.1 Å². The molecule has 0 amide bonds. The number of nitrogens with one attached hydrogen (secondary N) is 1. The van der Waals surface area contributed by atoms with E-state index in [1.165, 1.54) is 18.4 Å². The summed E-state index contributed by atoms with van der Waals surface area (Å²) in [6, 6.07) is 8.32. The molecule has 1 atom stereocenters. The number of guanidine groups is 1. The lowest BCUT2D eigenvalue weighted by molar-refractivity contribution is -0.0721. The first kappa shape index (κ1) is 22.9. The molecule has 1 aromatic rings. The maximum atomic E-state index is 6.16. The Morgan fingerprint density at radius 2 is 2.07 bits per heavy atom. The van der Waals surface area contributed by atoms with Gasteiger partial charge in [-0.1, -0.05) is 12.1 Å². The second-order valence-electron chi connectivity index (χ2n) is 8.07. The maximum absolute atomic E-state index is 6.16. The number of ether oxygens (including phenoxy) is 3. The van der Waals surface area contributed by atoms with Gasteiger partial charge in [0.15, 0.2) is 5.96 Å². The number of hydrogen-bond acceptors (Lipinski definition) is 4. The second kappa shape index (κ2) is 12.8. The summed E-state index contributed by atoms with van der Waals surface area (Å²) in [5.74, 6) is 1.96. The van der Waals surface area contributed by atoms with Gasteiger partial charge in [0, 0.05) is 32.8 Å². The van der Waals surface area contributed by atoms with E-state index in [2.05, 4.69) is 35.3 Å². The van der Waals surface area contributed by atoms with Crippen LogP contribution in [0.2, 0.25) is 0 Å². The van der Waals surface area contributed by atoms with Gasteiger partial charge in [-0.2, -0.15) is 0 Å². The molecule has 0 spiro atoms. The van der Waals surface area contributed by atoms with E-state index in [-0.39, 0.29) is 0 Å². The normalized spacial score (nSPS) is 20.9.